The summed E-state index contributed by atoms with van der Waals surface area (Å²) in [4.78, 5) is 10.5. The largest absolute Gasteiger partial charge is 0.497 e. The second kappa shape index (κ2) is 39.1. The zero-order valence-corrected chi connectivity index (χ0v) is 56.6. The fourth-order valence-electron chi connectivity index (χ4n) is 16.0. The predicted octanol–water partition coefficient (Wildman–Crippen LogP) is 19.3. The van der Waals surface area contributed by atoms with Crippen molar-refractivity contribution in [2.24, 2.45) is 17.8 Å². The van der Waals surface area contributed by atoms with Crippen LogP contribution in [0.3, 0.4) is 0 Å². The van der Waals surface area contributed by atoms with Crippen LogP contribution in [0.25, 0.3) is 0 Å². The molecule has 6 fully saturated rings. The first-order valence-electron chi connectivity index (χ1n) is 36.6. The summed E-state index contributed by atoms with van der Waals surface area (Å²) in [7, 11) is 3.94. The van der Waals surface area contributed by atoms with E-state index in [0.717, 1.165) is 69.2 Å². The summed E-state index contributed by atoms with van der Waals surface area (Å²) in [6, 6.07) is 73.6. The molecular formula is C85H114N4O3. The van der Waals surface area contributed by atoms with Crippen LogP contribution in [-0.4, -0.2) is 118 Å². The Balaban J connectivity index is 0.000000136. The van der Waals surface area contributed by atoms with Crippen LogP contribution in [0.5, 0.6) is 5.75 Å². The summed E-state index contributed by atoms with van der Waals surface area (Å²) in [5, 5.41) is 0. The van der Waals surface area contributed by atoms with Gasteiger partial charge >= 0.3 is 0 Å². The van der Waals surface area contributed by atoms with Crippen LogP contribution >= 0.6 is 0 Å². The lowest BCUT2D eigenvalue weighted by molar-refractivity contribution is 0.0381. The Bertz CT molecular complexity index is 2850. The Hall–Kier alpha value is -5.90. The van der Waals surface area contributed by atoms with Gasteiger partial charge in [-0.15, -0.1) is 0 Å². The number of hydrogen-bond donors (Lipinski definition) is 0. The SMILES string of the molecule is C1CCC(C(CN2CCCCC2)C2CCCCC2)CC1.CN1CCCC1CCOC(c1ccccc1)c1ccccc1.COc1ccc(CCN2CCC[C@H]2COC(c2ccccc2)c2ccccc2)cc1.c1ccc(C(CN2CCCCC2)c2ccccc2)cc1. The fourth-order valence-corrected chi connectivity index (χ4v) is 16.0. The predicted molar refractivity (Wildman–Crippen MR) is 385 cm³/mol. The molecule has 4 aliphatic heterocycles. The summed E-state index contributed by atoms with van der Waals surface area (Å²) in [5.41, 5.74) is 9.11. The fraction of sp³-hybridized carbons (Fsp3) is 0.506. The van der Waals surface area contributed by atoms with Crippen molar-refractivity contribution in [1.29, 1.82) is 0 Å². The van der Waals surface area contributed by atoms with E-state index < -0.39 is 0 Å². The van der Waals surface area contributed by atoms with Crippen LogP contribution in [0.15, 0.2) is 206 Å². The highest BCUT2D eigenvalue weighted by Crippen LogP contribution is 2.41. The Kier molecular flexibility index (Phi) is 29.3. The molecule has 13 rings (SSSR count). The summed E-state index contributed by atoms with van der Waals surface area (Å²) >= 11 is 0. The number of likely N-dealkylation sites (tertiary alicyclic amines) is 4. The van der Waals surface area contributed by atoms with Gasteiger partial charge in [0.1, 0.15) is 18.0 Å². The Labute approximate surface area is 557 Å². The van der Waals surface area contributed by atoms with E-state index in [4.69, 9.17) is 14.2 Å². The second-order valence-corrected chi connectivity index (χ2v) is 27.7. The van der Waals surface area contributed by atoms with Gasteiger partial charge in [0.2, 0.25) is 0 Å². The molecule has 6 aliphatic rings. The molecule has 7 heteroatoms. The van der Waals surface area contributed by atoms with E-state index in [9.17, 15) is 0 Å². The lowest BCUT2D eigenvalue weighted by atomic mass is 9.69. The lowest BCUT2D eigenvalue weighted by Gasteiger charge is -2.41. The van der Waals surface area contributed by atoms with E-state index in [2.05, 4.69) is 221 Å². The van der Waals surface area contributed by atoms with Crippen LogP contribution in [-0.2, 0) is 15.9 Å². The molecule has 0 spiro atoms. The van der Waals surface area contributed by atoms with Crippen LogP contribution in [0, 0.1) is 17.8 Å². The van der Waals surface area contributed by atoms with Crippen molar-refractivity contribution in [1.82, 2.24) is 19.6 Å². The average molecular weight is 1240 g/mol. The minimum Gasteiger partial charge on any atom is -0.497 e. The molecule has 0 aromatic heterocycles. The van der Waals surface area contributed by atoms with E-state index in [1.807, 2.05) is 12.1 Å². The van der Waals surface area contributed by atoms with Crippen molar-refractivity contribution < 1.29 is 14.2 Å². The molecule has 7 nitrogen and oxygen atoms in total. The van der Waals surface area contributed by atoms with Gasteiger partial charge in [-0.3, -0.25) is 4.90 Å². The molecule has 0 radical (unpaired) electrons. The van der Waals surface area contributed by atoms with Crippen molar-refractivity contribution in [2.45, 2.75) is 171 Å². The van der Waals surface area contributed by atoms with Gasteiger partial charge < -0.3 is 28.9 Å². The quantitative estimate of drug-likeness (QED) is 0.0632. The molecule has 4 heterocycles. The first kappa shape index (κ1) is 68.9. The molecule has 492 valence electrons. The minimum absolute atomic E-state index is 0.0172. The van der Waals surface area contributed by atoms with E-state index in [-0.39, 0.29) is 12.2 Å². The topological polar surface area (TPSA) is 40.6 Å². The maximum Gasteiger partial charge on any atom is 0.118 e. The highest BCUT2D eigenvalue weighted by atomic mass is 16.5. The number of piperidine rings is 2. The molecule has 2 atom stereocenters. The summed E-state index contributed by atoms with van der Waals surface area (Å²) in [5.74, 6) is 4.62. The van der Waals surface area contributed by atoms with Gasteiger partial charge in [-0.25, -0.2) is 0 Å². The van der Waals surface area contributed by atoms with Crippen LogP contribution in [0.1, 0.15) is 192 Å². The van der Waals surface area contributed by atoms with Crippen molar-refractivity contribution in [3.63, 3.8) is 0 Å². The van der Waals surface area contributed by atoms with Crippen molar-refractivity contribution >= 4 is 0 Å². The van der Waals surface area contributed by atoms with Gasteiger partial charge in [-0.05, 0) is 179 Å². The molecule has 1 unspecified atom stereocenters. The lowest BCUT2D eigenvalue weighted by Crippen LogP contribution is -2.40. The monoisotopic (exact) mass is 1240 g/mol. The number of nitrogens with zero attached hydrogens (tertiary/aromatic N) is 4. The number of rotatable bonds is 23. The Morgan fingerprint density at radius 3 is 1.22 bits per heavy atom. The zero-order valence-electron chi connectivity index (χ0n) is 56.6. The second-order valence-electron chi connectivity index (χ2n) is 27.7. The number of ether oxygens (including phenoxy) is 3. The van der Waals surface area contributed by atoms with E-state index >= 15 is 0 Å². The third kappa shape index (κ3) is 22.1. The molecule has 0 amide bonds. The van der Waals surface area contributed by atoms with Crippen molar-refractivity contribution in [3.8, 4) is 5.75 Å². The number of methoxy groups -OCH3 is 1. The van der Waals surface area contributed by atoms with Gasteiger partial charge in [0.05, 0.1) is 13.7 Å². The number of benzene rings is 7. The molecule has 2 saturated carbocycles. The smallest absolute Gasteiger partial charge is 0.118 e. The summed E-state index contributed by atoms with van der Waals surface area (Å²) in [6.45, 7) is 12.9. The van der Waals surface area contributed by atoms with Gasteiger partial charge in [0.15, 0.2) is 0 Å². The molecule has 2 aliphatic carbocycles. The van der Waals surface area contributed by atoms with Crippen molar-refractivity contribution in [2.75, 3.05) is 86.3 Å². The molecule has 0 bridgehead atoms. The molecule has 7 aromatic rings. The molecule has 92 heavy (non-hydrogen) atoms. The average Bonchev–Trinajstić information content (AvgIpc) is 3.48. The van der Waals surface area contributed by atoms with E-state index in [0.29, 0.717) is 18.0 Å². The molecular weight excluding hydrogens is 1120 g/mol. The first-order chi connectivity index (χ1) is 45.5. The summed E-state index contributed by atoms with van der Waals surface area (Å²) < 4.78 is 18.1. The Morgan fingerprint density at radius 2 is 0.783 bits per heavy atom. The van der Waals surface area contributed by atoms with E-state index in [1.165, 1.54) is 181 Å². The third-order valence-electron chi connectivity index (χ3n) is 21.3. The zero-order chi connectivity index (χ0) is 63.0. The highest BCUT2D eigenvalue weighted by molar-refractivity contribution is 5.34. The molecule has 0 N–H and O–H groups in total. The third-order valence-corrected chi connectivity index (χ3v) is 21.3. The van der Waals surface area contributed by atoms with Gasteiger partial charge in [-0.1, -0.05) is 271 Å². The molecule has 7 aromatic carbocycles. The summed E-state index contributed by atoms with van der Waals surface area (Å²) in [6.07, 6.45) is 31.1. The minimum atomic E-state index is -0.0172. The van der Waals surface area contributed by atoms with Gasteiger partial charge in [-0.2, -0.15) is 0 Å². The van der Waals surface area contributed by atoms with Crippen LogP contribution in [0.2, 0.25) is 0 Å². The van der Waals surface area contributed by atoms with Gasteiger partial charge in [0, 0.05) is 44.2 Å². The van der Waals surface area contributed by atoms with E-state index in [1.54, 1.807) is 32.8 Å². The molecule has 4 saturated heterocycles. The van der Waals surface area contributed by atoms with Crippen LogP contribution < -0.4 is 4.74 Å². The highest BCUT2D eigenvalue weighted by Gasteiger charge is 2.33. The Morgan fingerprint density at radius 1 is 0.380 bits per heavy atom. The first-order valence-corrected chi connectivity index (χ1v) is 36.6. The maximum absolute atomic E-state index is 6.55. The maximum atomic E-state index is 6.55. The van der Waals surface area contributed by atoms with Crippen molar-refractivity contribution in [3.05, 3.63) is 245 Å². The van der Waals surface area contributed by atoms with Gasteiger partial charge in [0.25, 0.3) is 0 Å². The normalized spacial score (nSPS) is 19.7. The standard InChI is InChI=1S/C27H31NO2.C20H25NO.C19H35N.C19H23N/c1-29-26-16-14-22(15-17-26)18-20-28-19-8-13-25(28)21-30-27(23-9-4-2-5-10-23)24-11-6-3-7-12-24;1-21-15-8-13-19(21)14-16-22-20(17-9-4-2-5-10-17)18-11-6-3-7-12-18;2*1-4-10-17(11-5-1)19(18-12-6-2-7-13-18)16-20-14-8-3-9-15-20/h2-7,9-12,14-17,25,27H,8,13,18-21H2,1H3;2-7,9-12,19-20H,8,13-16H2,1H3;17-19H,1-16H2;1-2,4-7,10-13,19H,3,8-9,14-16H2/t25-;;;/m0.../s1. The number of hydrogen-bond acceptors (Lipinski definition) is 7. The van der Waals surface area contributed by atoms with Crippen LogP contribution in [0.4, 0.5) is 0 Å².